The molecule has 11 N–H and O–H groups in total. The summed E-state index contributed by atoms with van der Waals surface area (Å²) >= 11 is 0. The van der Waals surface area contributed by atoms with E-state index in [1.54, 1.807) is 13.0 Å². The molecule has 0 aromatic carbocycles. The molecule has 0 aromatic heterocycles. The molecule has 0 aromatic rings. The molecule has 0 spiro atoms. The number of aliphatic hydroxyl groups is 5. The molecule has 3 saturated carbocycles. The van der Waals surface area contributed by atoms with Crippen molar-refractivity contribution in [3.8, 4) is 0 Å². The number of nitrogens with one attached hydrogen (secondary N) is 2. The first-order chi connectivity index (χ1) is 27.9. The number of aliphatic hydroxyl groups excluding tert-OH is 5. The van der Waals surface area contributed by atoms with Gasteiger partial charge in [-0.05, 0) is 151 Å². The summed E-state index contributed by atoms with van der Waals surface area (Å²) < 4.78 is 21.1. The Bertz CT molecular complexity index is 1500. The number of allylic oxidation sites excluding steroid dienone is 1. The van der Waals surface area contributed by atoms with Gasteiger partial charge in [-0.3, -0.25) is 4.79 Å². The average molecular weight is 817 g/mol. The summed E-state index contributed by atoms with van der Waals surface area (Å²) in [5, 5.41) is 63.3. The Hall–Kier alpha value is -1.56. The van der Waals surface area contributed by atoms with E-state index >= 15 is 0 Å². The van der Waals surface area contributed by atoms with Gasteiger partial charge in [0.05, 0.1) is 67.6 Å². The van der Waals surface area contributed by atoms with Gasteiger partial charge in [-0.2, -0.15) is 0 Å². The number of hydrogen-bond acceptors (Lipinski definition) is 14. The average Bonchev–Trinajstić information content (AvgIpc) is 3.25. The van der Waals surface area contributed by atoms with Gasteiger partial charge in [0.1, 0.15) is 17.5 Å². The zero-order valence-electron chi connectivity index (χ0n) is 34.6. The highest BCUT2D eigenvalue weighted by Crippen LogP contribution is 2.61. The van der Waals surface area contributed by atoms with Crippen LogP contribution in [0.5, 0.6) is 0 Å². The largest absolute Gasteiger partial charge is 0.456 e. The molecule has 0 radical (unpaired) electrons. The van der Waals surface area contributed by atoms with Gasteiger partial charge in [-0.1, -0.05) is 6.08 Å². The van der Waals surface area contributed by atoms with E-state index < -0.39 is 72.6 Å². The molecule has 5 aliphatic heterocycles. The van der Waals surface area contributed by atoms with Gasteiger partial charge in [0, 0.05) is 24.9 Å². The molecule has 58 heavy (non-hydrogen) atoms. The van der Waals surface area contributed by atoms with Gasteiger partial charge in [-0.25, -0.2) is 4.79 Å². The van der Waals surface area contributed by atoms with Crippen LogP contribution < -0.4 is 22.1 Å². The molecule has 5 heterocycles. The van der Waals surface area contributed by atoms with E-state index in [1.807, 2.05) is 0 Å². The third kappa shape index (κ3) is 7.77. The second-order valence-electron chi connectivity index (χ2n) is 20.0. The number of rotatable bonds is 7. The normalized spacial score (nSPS) is 50.9. The molecule has 14 nitrogen and oxygen atoms in total. The van der Waals surface area contributed by atoms with Crippen molar-refractivity contribution in [2.45, 2.75) is 145 Å². The second-order valence-corrected chi connectivity index (χ2v) is 20.0. The number of esters is 1. The second kappa shape index (κ2) is 17.7. The van der Waals surface area contributed by atoms with Crippen molar-refractivity contribution in [1.82, 2.24) is 10.6 Å². The summed E-state index contributed by atoms with van der Waals surface area (Å²) in [5.74, 6) is -2.64. The molecule has 8 fully saturated rings. The Kier molecular flexibility index (Phi) is 13.1. The van der Waals surface area contributed by atoms with Crippen LogP contribution in [0, 0.1) is 71.0 Å². The minimum absolute atomic E-state index is 0.00223. The highest BCUT2D eigenvalue weighted by Gasteiger charge is 2.67. The summed E-state index contributed by atoms with van der Waals surface area (Å²) in [7, 11) is 0. The van der Waals surface area contributed by atoms with Gasteiger partial charge in [0.2, 0.25) is 0 Å². The smallest absolute Gasteiger partial charge is 0.336 e. The Balaban J connectivity index is 1.34. The van der Waals surface area contributed by atoms with E-state index in [1.165, 1.54) is 0 Å². The van der Waals surface area contributed by atoms with Gasteiger partial charge in [0.25, 0.3) is 0 Å². The number of fused-ring (bicyclic) bond motifs is 5. The quantitative estimate of drug-likeness (QED) is 0.129. The SMILES string of the molecule is CC=C(CO)C(=O)O[C@H]1CC2C(O)C3C(=O)CC(CO)OC3C3C2O[C@@]1(C)[C@H](CC1CCC(N)NC1)CC1CCC2CCC(O)CC2C(CO)C3C2CCNC(N)C12. The van der Waals surface area contributed by atoms with Gasteiger partial charge in [-0.15, -0.1) is 0 Å². The molecular weight excluding hydrogens is 745 g/mol. The third-order valence-electron chi connectivity index (χ3n) is 17.2. The van der Waals surface area contributed by atoms with Crippen molar-refractivity contribution >= 4 is 11.8 Å². The van der Waals surface area contributed by atoms with Crippen molar-refractivity contribution in [3.05, 3.63) is 11.6 Å². The summed E-state index contributed by atoms with van der Waals surface area (Å²) in [6, 6.07) is 0. The lowest BCUT2D eigenvalue weighted by atomic mass is 9.50. The summed E-state index contributed by atoms with van der Waals surface area (Å²) in [6.45, 7) is 4.29. The summed E-state index contributed by atoms with van der Waals surface area (Å²) in [4.78, 5) is 28.2. The lowest BCUT2D eigenvalue weighted by Crippen LogP contribution is -2.72. The maximum absolute atomic E-state index is 14.3. The molecule has 21 atom stereocenters. The van der Waals surface area contributed by atoms with Crippen LogP contribution in [0.15, 0.2) is 11.6 Å². The Morgan fingerprint density at radius 2 is 1.67 bits per heavy atom. The van der Waals surface area contributed by atoms with Crippen molar-refractivity contribution < 1.29 is 49.3 Å². The lowest BCUT2D eigenvalue weighted by molar-refractivity contribution is -0.311. The third-order valence-corrected chi connectivity index (χ3v) is 17.2. The Morgan fingerprint density at radius 3 is 2.38 bits per heavy atom. The van der Waals surface area contributed by atoms with E-state index in [0.29, 0.717) is 13.0 Å². The fourth-order valence-electron chi connectivity index (χ4n) is 14.4. The molecule has 5 saturated heterocycles. The number of piperidine rings is 2. The zero-order valence-corrected chi connectivity index (χ0v) is 34.6. The topological polar surface area (TPSA) is 239 Å². The van der Waals surface area contributed by atoms with E-state index in [4.69, 9.17) is 25.7 Å². The van der Waals surface area contributed by atoms with Crippen LogP contribution in [-0.4, -0.2) is 125 Å². The Morgan fingerprint density at radius 1 is 0.897 bits per heavy atom. The molecule has 14 heteroatoms. The standard InChI is InChI=1S/C44H72N4O10/c1-3-22(18-49)43(55)57-33-16-30-39(54)37-32(53)15-27(19-50)56-41(37)38-36-28-10-11-47-42(46)35(28)24(6-5-23-7-8-26(52)14-29(23)31(36)20-51)13-25(44(33,2)58-40(30)38)12-21-4-9-34(45)48-17-21/h3,21,23-31,33-42,47-52,54H,4-20,45-46H2,1-2H3/t21?,23?,24?,25-,26?,27?,28?,29?,30?,31?,33+,34?,35?,36?,37?,38?,39?,40?,41?,42?,44+/m1/s1. The fraction of sp³-hybridized carbons (Fsp3) is 0.909. The van der Waals surface area contributed by atoms with Crippen molar-refractivity contribution in [2.24, 2.45) is 82.5 Å². The number of hydrogen-bond donors (Lipinski definition) is 9. The van der Waals surface area contributed by atoms with E-state index in [9.17, 15) is 35.1 Å². The minimum atomic E-state index is -1.17. The first-order valence-corrected chi connectivity index (χ1v) is 22.8. The molecule has 4 bridgehead atoms. The van der Waals surface area contributed by atoms with Crippen LogP contribution >= 0.6 is 0 Å². The van der Waals surface area contributed by atoms with E-state index in [-0.39, 0.29) is 103 Å². The highest BCUT2D eigenvalue weighted by molar-refractivity contribution is 5.88. The van der Waals surface area contributed by atoms with Crippen molar-refractivity contribution in [3.63, 3.8) is 0 Å². The number of ether oxygens (including phenoxy) is 3. The molecule has 328 valence electrons. The van der Waals surface area contributed by atoms with Gasteiger partial charge >= 0.3 is 5.97 Å². The number of carbonyl (C=O) groups is 2. The summed E-state index contributed by atoms with van der Waals surface area (Å²) in [5.41, 5.74) is 12.7. The first-order valence-electron chi connectivity index (χ1n) is 22.8. The van der Waals surface area contributed by atoms with Crippen LogP contribution in [0.2, 0.25) is 0 Å². The maximum atomic E-state index is 14.3. The van der Waals surface area contributed by atoms with Crippen LogP contribution in [0.25, 0.3) is 0 Å². The minimum Gasteiger partial charge on any atom is -0.456 e. The van der Waals surface area contributed by atoms with Crippen LogP contribution in [0.1, 0.15) is 90.9 Å². The van der Waals surface area contributed by atoms with E-state index in [2.05, 4.69) is 17.6 Å². The number of ketones is 1. The molecule has 18 unspecified atom stereocenters. The van der Waals surface area contributed by atoms with Crippen molar-refractivity contribution in [2.75, 3.05) is 32.9 Å². The molecule has 0 amide bonds. The predicted octanol–water partition coefficient (Wildman–Crippen LogP) is 0.943. The van der Waals surface area contributed by atoms with E-state index in [0.717, 1.165) is 64.3 Å². The van der Waals surface area contributed by atoms with Crippen LogP contribution in [0.3, 0.4) is 0 Å². The number of nitrogens with two attached hydrogens (primary N) is 2. The van der Waals surface area contributed by atoms with Gasteiger partial charge in [0.15, 0.2) is 0 Å². The highest BCUT2D eigenvalue weighted by atomic mass is 16.6. The lowest BCUT2D eigenvalue weighted by Gasteiger charge is -2.63. The molecular formula is C44H72N4O10. The zero-order chi connectivity index (χ0) is 41.0. The van der Waals surface area contributed by atoms with Crippen LogP contribution in [0.4, 0.5) is 0 Å². The monoisotopic (exact) mass is 817 g/mol. The first kappa shape index (κ1) is 43.1. The summed E-state index contributed by atoms with van der Waals surface area (Å²) in [6.07, 6.45) is 4.96. The predicted molar refractivity (Wildman–Crippen MR) is 213 cm³/mol. The maximum Gasteiger partial charge on any atom is 0.336 e. The Labute approximate surface area is 343 Å². The number of Topliss-reactive ketones (excluding diaryl/α,β-unsaturated/α-hetero) is 1. The molecule has 8 rings (SSSR count). The van der Waals surface area contributed by atoms with Crippen molar-refractivity contribution in [1.29, 1.82) is 0 Å². The van der Waals surface area contributed by atoms with Gasteiger partial charge < -0.3 is 61.8 Å². The fourth-order valence-corrected chi connectivity index (χ4v) is 14.4. The van der Waals surface area contributed by atoms with Crippen LogP contribution in [-0.2, 0) is 23.8 Å². The molecule has 8 aliphatic rings. The number of carbonyl (C=O) groups excluding carboxylic acids is 2. The molecule has 3 aliphatic carbocycles.